The second kappa shape index (κ2) is 7.17. The van der Waals surface area contributed by atoms with Crippen molar-refractivity contribution < 1.29 is 4.79 Å². The predicted molar refractivity (Wildman–Crippen MR) is 103 cm³/mol. The van der Waals surface area contributed by atoms with Crippen molar-refractivity contribution in [2.24, 2.45) is 0 Å². The molecule has 0 aliphatic rings. The molecule has 2 aromatic carbocycles. The van der Waals surface area contributed by atoms with E-state index in [0.29, 0.717) is 21.6 Å². The molecule has 26 heavy (non-hydrogen) atoms. The molecule has 0 fully saturated rings. The lowest BCUT2D eigenvalue weighted by molar-refractivity contribution is -0.116. The highest BCUT2D eigenvalue weighted by atomic mass is 35.5. The Labute approximate surface area is 154 Å². The first-order chi connectivity index (χ1) is 12.4. The monoisotopic (exact) mass is 371 g/mol. The van der Waals surface area contributed by atoms with Crippen LogP contribution in [-0.4, -0.2) is 15.0 Å². The molecule has 0 aliphatic carbocycles. The minimum atomic E-state index is -0.513. The number of anilines is 1. The van der Waals surface area contributed by atoms with Crippen LogP contribution >= 0.6 is 11.6 Å². The largest absolute Gasteiger partial charge is 0.331 e. The van der Waals surface area contributed by atoms with Crippen molar-refractivity contribution >= 4 is 34.1 Å². The number of nitrogens with one attached hydrogen (secondary N) is 1. The van der Waals surface area contributed by atoms with Crippen molar-refractivity contribution in [3.63, 3.8) is 0 Å². The van der Waals surface area contributed by atoms with Crippen LogP contribution in [0.4, 0.5) is 5.69 Å². The summed E-state index contributed by atoms with van der Waals surface area (Å²) in [6, 6.07) is 12.0. The van der Waals surface area contributed by atoms with Gasteiger partial charge in [-0.3, -0.25) is 18.7 Å². The van der Waals surface area contributed by atoms with E-state index in [-0.39, 0.29) is 18.6 Å². The number of amides is 1. The van der Waals surface area contributed by atoms with Crippen LogP contribution < -0.4 is 16.6 Å². The number of benzene rings is 2. The fraction of sp³-hybridized carbons (Fsp3) is 0.211. The van der Waals surface area contributed by atoms with Crippen molar-refractivity contribution in [2.45, 2.75) is 26.9 Å². The predicted octanol–water partition coefficient (Wildman–Crippen LogP) is 2.78. The molecule has 1 aromatic heterocycles. The van der Waals surface area contributed by atoms with Crippen molar-refractivity contribution in [3.05, 3.63) is 73.9 Å². The van der Waals surface area contributed by atoms with E-state index in [9.17, 15) is 14.4 Å². The number of rotatable bonds is 4. The van der Waals surface area contributed by atoms with Crippen LogP contribution in [0.25, 0.3) is 10.9 Å². The minimum absolute atomic E-state index is 0.218. The molecule has 3 aromatic rings. The molecule has 134 valence electrons. The van der Waals surface area contributed by atoms with Crippen molar-refractivity contribution in [2.75, 3.05) is 5.32 Å². The first-order valence-electron chi connectivity index (χ1n) is 8.20. The smallest absolute Gasteiger partial charge is 0.323 e. The van der Waals surface area contributed by atoms with E-state index in [1.165, 1.54) is 4.57 Å². The van der Waals surface area contributed by atoms with Gasteiger partial charge in [-0.15, -0.1) is 0 Å². The van der Waals surface area contributed by atoms with E-state index in [4.69, 9.17) is 11.6 Å². The number of para-hydroxylation sites is 1. The van der Waals surface area contributed by atoms with Crippen LogP contribution in [0.3, 0.4) is 0 Å². The molecule has 1 heterocycles. The van der Waals surface area contributed by atoms with E-state index < -0.39 is 11.6 Å². The fourth-order valence-corrected chi connectivity index (χ4v) is 3.14. The summed E-state index contributed by atoms with van der Waals surface area (Å²) in [6.07, 6.45) is 0. The summed E-state index contributed by atoms with van der Waals surface area (Å²) in [5.74, 6) is -0.399. The normalized spacial score (nSPS) is 10.9. The molecule has 3 rings (SSSR count). The Balaban J connectivity index is 2.02. The van der Waals surface area contributed by atoms with Gasteiger partial charge in [0.25, 0.3) is 5.56 Å². The van der Waals surface area contributed by atoms with Gasteiger partial charge in [-0.05, 0) is 43.7 Å². The highest BCUT2D eigenvalue weighted by Gasteiger charge is 2.15. The van der Waals surface area contributed by atoms with Gasteiger partial charge in [0.05, 0.1) is 21.6 Å². The lowest BCUT2D eigenvalue weighted by atomic mass is 10.2. The number of fused-ring (bicyclic) bond motifs is 1. The third-order valence-corrected chi connectivity index (χ3v) is 4.46. The highest BCUT2D eigenvalue weighted by Crippen LogP contribution is 2.22. The number of halogens is 1. The molecule has 0 atom stereocenters. The number of hydrogen-bond donors (Lipinski definition) is 1. The van der Waals surface area contributed by atoms with E-state index in [0.717, 1.165) is 10.1 Å². The molecule has 0 spiro atoms. The molecular formula is C19H18ClN3O3. The number of aryl methyl sites for hydroxylation is 1. The fourth-order valence-electron chi connectivity index (χ4n) is 2.86. The average Bonchev–Trinajstić information content (AvgIpc) is 2.61. The van der Waals surface area contributed by atoms with Crippen LogP contribution in [0.5, 0.6) is 0 Å². The molecule has 1 amide bonds. The summed E-state index contributed by atoms with van der Waals surface area (Å²) in [4.78, 5) is 37.6. The van der Waals surface area contributed by atoms with Gasteiger partial charge in [0.1, 0.15) is 6.54 Å². The Kier molecular flexibility index (Phi) is 4.95. The second-order valence-electron chi connectivity index (χ2n) is 5.97. The SMILES string of the molecule is CCn1c(=O)c2ccccc2n(CC(=O)Nc2ccc(C)cc2Cl)c1=O. The van der Waals surface area contributed by atoms with Crippen LogP contribution in [0.15, 0.2) is 52.1 Å². The number of carbonyl (C=O) groups is 1. The zero-order valence-electron chi connectivity index (χ0n) is 14.5. The summed E-state index contributed by atoms with van der Waals surface area (Å²) in [5.41, 5.74) is 1.01. The van der Waals surface area contributed by atoms with Gasteiger partial charge in [0.2, 0.25) is 5.91 Å². The zero-order valence-corrected chi connectivity index (χ0v) is 15.2. The van der Waals surface area contributed by atoms with Gasteiger partial charge < -0.3 is 5.32 Å². The average molecular weight is 372 g/mol. The number of carbonyl (C=O) groups excluding carboxylic acids is 1. The topological polar surface area (TPSA) is 73.1 Å². The molecule has 1 N–H and O–H groups in total. The van der Waals surface area contributed by atoms with Crippen LogP contribution in [0, 0.1) is 6.92 Å². The first kappa shape index (κ1) is 17.9. The maximum atomic E-state index is 12.7. The summed E-state index contributed by atoms with van der Waals surface area (Å²) in [5, 5.41) is 3.54. The summed E-state index contributed by atoms with van der Waals surface area (Å²) < 4.78 is 2.42. The summed E-state index contributed by atoms with van der Waals surface area (Å²) >= 11 is 6.14. The lowest BCUT2D eigenvalue weighted by Crippen LogP contribution is -2.41. The minimum Gasteiger partial charge on any atom is -0.323 e. The molecule has 0 saturated carbocycles. The highest BCUT2D eigenvalue weighted by molar-refractivity contribution is 6.33. The van der Waals surface area contributed by atoms with Crippen LogP contribution in [0.2, 0.25) is 5.02 Å². The molecule has 0 bridgehead atoms. The lowest BCUT2D eigenvalue weighted by Gasteiger charge is -2.13. The Morgan fingerprint density at radius 3 is 2.54 bits per heavy atom. The Morgan fingerprint density at radius 2 is 1.85 bits per heavy atom. The Morgan fingerprint density at radius 1 is 1.12 bits per heavy atom. The van der Waals surface area contributed by atoms with Gasteiger partial charge >= 0.3 is 5.69 Å². The van der Waals surface area contributed by atoms with Crippen molar-refractivity contribution in [1.82, 2.24) is 9.13 Å². The van der Waals surface area contributed by atoms with Gasteiger partial charge in [0, 0.05) is 6.54 Å². The van der Waals surface area contributed by atoms with E-state index in [1.807, 2.05) is 13.0 Å². The number of aromatic nitrogens is 2. The van der Waals surface area contributed by atoms with Gasteiger partial charge in [0.15, 0.2) is 0 Å². The van der Waals surface area contributed by atoms with Gasteiger partial charge in [-0.1, -0.05) is 29.8 Å². The maximum Gasteiger partial charge on any atom is 0.331 e. The number of nitrogens with zero attached hydrogens (tertiary/aromatic N) is 2. The molecular weight excluding hydrogens is 354 g/mol. The molecule has 0 saturated heterocycles. The molecule has 0 radical (unpaired) electrons. The quantitative estimate of drug-likeness (QED) is 0.766. The zero-order chi connectivity index (χ0) is 18.8. The standard InChI is InChI=1S/C19H18ClN3O3/c1-3-22-18(25)13-6-4-5-7-16(13)23(19(22)26)11-17(24)21-15-9-8-12(2)10-14(15)20/h4-10H,3,11H2,1-2H3,(H,21,24). The van der Waals surface area contributed by atoms with Crippen molar-refractivity contribution in [3.8, 4) is 0 Å². The van der Waals surface area contributed by atoms with E-state index >= 15 is 0 Å². The maximum absolute atomic E-state index is 12.7. The second-order valence-corrected chi connectivity index (χ2v) is 6.37. The molecule has 6 nitrogen and oxygen atoms in total. The third kappa shape index (κ3) is 3.28. The third-order valence-electron chi connectivity index (χ3n) is 4.15. The van der Waals surface area contributed by atoms with Gasteiger partial charge in [-0.2, -0.15) is 0 Å². The van der Waals surface area contributed by atoms with Gasteiger partial charge in [-0.25, -0.2) is 4.79 Å². The Bertz CT molecular complexity index is 1120. The molecule has 0 unspecified atom stereocenters. The summed E-state index contributed by atoms with van der Waals surface area (Å²) in [7, 11) is 0. The van der Waals surface area contributed by atoms with E-state index in [1.54, 1.807) is 43.3 Å². The first-order valence-corrected chi connectivity index (χ1v) is 8.58. The van der Waals surface area contributed by atoms with Crippen molar-refractivity contribution in [1.29, 1.82) is 0 Å². The summed E-state index contributed by atoms with van der Waals surface area (Å²) in [6.45, 7) is 3.63. The molecule has 0 aliphatic heterocycles. The molecule has 7 heteroatoms. The van der Waals surface area contributed by atoms with E-state index in [2.05, 4.69) is 5.32 Å². The van der Waals surface area contributed by atoms with Crippen LogP contribution in [0.1, 0.15) is 12.5 Å². The Hall–Kier alpha value is -2.86. The number of hydrogen-bond acceptors (Lipinski definition) is 3. The van der Waals surface area contributed by atoms with Crippen LogP contribution in [-0.2, 0) is 17.9 Å².